The van der Waals surface area contributed by atoms with Crippen molar-refractivity contribution in [3.05, 3.63) is 29.6 Å². The Morgan fingerprint density at radius 1 is 1.40 bits per heavy atom. The second-order valence-electron chi connectivity index (χ2n) is 4.98. The molecule has 2 N–H and O–H groups in total. The van der Waals surface area contributed by atoms with Crippen LogP contribution in [0.25, 0.3) is 11.0 Å². The molecule has 2 aromatic rings. The van der Waals surface area contributed by atoms with Crippen LogP contribution in [0.2, 0.25) is 0 Å². The number of para-hydroxylation sites is 1. The van der Waals surface area contributed by atoms with Crippen molar-refractivity contribution in [2.24, 2.45) is 5.73 Å². The molecule has 5 heteroatoms. The Morgan fingerprint density at radius 2 is 2.20 bits per heavy atom. The predicted octanol–water partition coefficient (Wildman–Crippen LogP) is 2.78. The van der Waals surface area contributed by atoms with E-state index >= 15 is 0 Å². The van der Waals surface area contributed by atoms with Crippen LogP contribution < -0.4 is 5.73 Å². The van der Waals surface area contributed by atoms with Gasteiger partial charge in [-0.15, -0.1) is 11.6 Å². The molecule has 0 atom stereocenters. The molecule has 0 fully saturated rings. The van der Waals surface area contributed by atoms with Gasteiger partial charge in [0, 0.05) is 25.3 Å². The number of aryl methyl sites for hydroxylation is 3. The third kappa shape index (κ3) is 3.31. The minimum Gasteiger partial charge on any atom is -0.370 e. The first-order chi connectivity index (χ1) is 9.63. The summed E-state index contributed by atoms with van der Waals surface area (Å²) < 4.78 is 2.21. The molecule has 108 valence electrons. The average Bonchev–Trinajstić information content (AvgIpc) is 2.75. The van der Waals surface area contributed by atoms with Gasteiger partial charge in [-0.1, -0.05) is 12.1 Å². The Labute approximate surface area is 123 Å². The van der Waals surface area contributed by atoms with Gasteiger partial charge in [0.2, 0.25) is 5.91 Å². The number of carbonyl (C=O) groups excluding carboxylic acids is 1. The van der Waals surface area contributed by atoms with E-state index in [-0.39, 0.29) is 5.91 Å². The number of rotatable bonds is 7. The van der Waals surface area contributed by atoms with Gasteiger partial charge in [-0.05, 0) is 31.4 Å². The average molecular weight is 294 g/mol. The number of carbonyl (C=O) groups is 1. The molecule has 0 spiro atoms. The molecule has 0 saturated heterocycles. The molecule has 1 aromatic heterocycles. The summed E-state index contributed by atoms with van der Waals surface area (Å²) in [5.74, 6) is 1.34. The van der Waals surface area contributed by atoms with E-state index in [4.69, 9.17) is 22.3 Å². The lowest BCUT2D eigenvalue weighted by atomic mass is 10.2. The molecule has 0 saturated carbocycles. The number of amides is 1. The molecule has 1 amide bonds. The number of unbranched alkanes of at least 4 members (excludes halogenated alkanes) is 1. The second-order valence-corrected chi connectivity index (χ2v) is 5.36. The van der Waals surface area contributed by atoms with E-state index in [0.717, 1.165) is 42.7 Å². The largest absolute Gasteiger partial charge is 0.370 e. The van der Waals surface area contributed by atoms with E-state index in [1.807, 2.05) is 6.07 Å². The van der Waals surface area contributed by atoms with Crippen LogP contribution in [0.4, 0.5) is 0 Å². The summed E-state index contributed by atoms with van der Waals surface area (Å²) in [7, 11) is 0. The summed E-state index contributed by atoms with van der Waals surface area (Å²) in [5, 5.41) is 0. The number of hydrogen-bond donors (Lipinski definition) is 1. The Balaban J connectivity index is 2.22. The lowest BCUT2D eigenvalue weighted by Gasteiger charge is -2.08. The molecular weight excluding hydrogens is 274 g/mol. The molecule has 0 unspecified atom stereocenters. The van der Waals surface area contributed by atoms with E-state index in [1.165, 1.54) is 5.56 Å². The zero-order valence-electron chi connectivity index (χ0n) is 11.7. The Morgan fingerprint density at radius 3 is 2.90 bits per heavy atom. The van der Waals surface area contributed by atoms with Gasteiger partial charge < -0.3 is 10.3 Å². The van der Waals surface area contributed by atoms with Crippen molar-refractivity contribution in [1.82, 2.24) is 9.55 Å². The Hall–Kier alpha value is -1.55. The van der Waals surface area contributed by atoms with Gasteiger partial charge in [0.25, 0.3) is 0 Å². The number of primary amides is 1. The van der Waals surface area contributed by atoms with E-state index in [2.05, 4.69) is 23.6 Å². The predicted molar refractivity (Wildman–Crippen MR) is 81.9 cm³/mol. The molecule has 0 bridgehead atoms. The van der Waals surface area contributed by atoms with Gasteiger partial charge in [0.1, 0.15) is 5.82 Å². The van der Waals surface area contributed by atoms with Crippen LogP contribution in [-0.2, 0) is 17.8 Å². The Kier molecular flexibility index (Phi) is 5.01. The fourth-order valence-electron chi connectivity index (χ4n) is 2.43. The summed E-state index contributed by atoms with van der Waals surface area (Å²) in [6.07, 6.45) is 2.92. The maximum absolute atomic E-state index is 10.8. The van der Waals surface area contributed by atoms with E-state index in [1.54, 1.807) is 0 Å². The number of alkyl halides is 1. The monoisotopic (exact) mass is 293 g/mol. The fourth-order valence-corrected chi connectivity index (χ4v) is 2.60. The van der Waals surface area contributed by atoms with Crippen molar-refractivity contribution in [2.75, 3.05) is 5.88 Å². The highest BCUT2D eigenvalue weighted by molar-refractivity contribution is 6.17. The van der Waals surface area contributed by atoms with Gasteiger partial charge in [-0.3, -0.25) is 4.79 Å². The minimum absolute atomic E-state index is 0.239. The standard InChI is InChI=1S/C15H20ClN3O/c1-11-5-4-6-12-15(11)18-14(8-9-16)19(12)10-3-2-7-13(17)20/h4-6H,2-3,7-10H2,1H3,(H2,17,20). The normalized spacial score (nSPS) is 11.1. The van der Waals surface area contributed by atoms with Crippen LogP contribution in [0.5, 0.6) is 0 Å². The van der Waals surface area contributed by atoms with Crippen molar-refractivity contribution in [3.8, 4) is 0 Å². The lowest BCUT2D eigenvalue weighted by molar-refractivity contribution is -0.118. The van der Waals surface area contributed by atoms with Gasteiger partial charge in [0.05, 0.1) is 11.0 Å². The highest BCUT2D eigenvalue weighted by Crippen LogP contribution is 2.21. The summed E-state index contributed by atoms with van der Waals surface area (Å²) in [5.41, 5.74) is 8.53. The van der Waals surface area contributed by atoms with Crippen LogP contribution in [0.1, 0.15) is 30.7 Å². The number of benzene rings is 1. The molecule has 20 heavy (non-hydrogen) atoms. The van der Waals surface area contributed by atoms with Crippen LogP contribution >= 0.6 is 11.6 Å². The van der Waals surface area contributed by atoms with Gasteiger partial charge in [-0.2, -0.15) is 0 Å². The summed E-state index contributed by atoms with van der Waals surface area (Å²) in [6.45, 7) is 2.91. The molecular formula is C15H20ClN3O. The molecule has 0 aliphatic heterocycles. The molecule has 0 aliphatic carbocycles. The zero-order chi connectivity index (χ0) is 14.5. The number of fused-ring (bicyclic) bond motifs is 1. The number of aromatic nitrogens is 2. The van der Waals surface area contributed by atoms with Gasteiger partial charge >= 0.3 is 0 Å². The van der Waals surface area contributed by atoms with Gasteiger partial charge in [0.15, 0.2) is 0 Å². The molecule has 0 aliphatic rings. The molecule has 2 rings (SSSR count). The summed E-state index contributed by atoms with van der Waals surface area (Å²) >= 11 is 5.86. The second kappa shape index (κ2) is 6.75. The van der Waals surface area contributed by atoms with Crippen LogP contribution in [0.3, 0.4) is 0 Å². The van der Waals surface area contributed by atoms with Crippen LogP contribution in [0.15, 0.2) is 18.2 Å². The maximum atomic E-state index is 10.8. The van der Waals surface area contributed by atoms with Crippen molar-refractivity contribution in [3.63, 3.8) is 0 Å². The van der Waals surface area contributed by atoms with E-state index in [9.17, 15) is 4.79 Å². The maximum Gasteiger partial charge on any atom is 0.217 e. The Bertz CT molecular complexity index is 606. The minimum atomic E-state index is -0.239. The molecule has 1 heterocycles. The molecule has 4 nitrogen and oxygen atoms in total. The third-order valence-electron chi connectivity index (χ3n) is 3.43. The molecule has 0 radical (unpaired) electrons. The topological polar surface area (TPSA) is 60.9 Å². The first-order valence-electron chi connectivity index (χ1n) is 6.92. The number of imidazole rings is 1. The molecule has 1 aromatic carbocycles. The number of nitrogens with zero attached hydrogens (tertiary/aromatic N) is 2. The highest BCUT2D eigenvalue weighted by atomic mass is 35.5. The van der Waals surface area contributed by atoms with Crippen molar-refractivity contribution < 1.29 is 4.79 Å². The van der Waals surface area contributed by atoms with Gasteiger partial charge in [-0.25, -0.2) is 4.98 Å². The first kappa shape index (κ1) is 14.9. The van der Waals surface area contributed by atoms with E-state index < -0.39 is 0 Å². The number of hydrogen-bond acceptors (Lipinski definition) is 2. The zero-order valence-corrected chi connectivity index (χ0v) is 12.5. The number of halogens is 1. The highest BCUT2D eigenvalue weighted by Gasteiger charge is 2.11. The van der Waals surface area contributed by atoms with Crippen molar-refractivity contribution in [2.45, 2.75) is 39.2 Å². The summed E-state index contributed by atoms with van der Waals surface area (Å²) in [4.78, 5) is 15.5. The lowest BCUT2D eigenvalue weighted by Crippen LogP contribution is -2.11. The van der Waals surface area contributed by atoms with Crippen molar-refractivity contribution >= 4 is 28.5 Å². The smallest absolute Gasteiger partial charge is 0.217 e. The van der Waals surface area contributed by atoms with Crippen LogP contribution in [0, 0.1) is 6.92 Å². The van der Waals surface area contributed by atoms with Crippen molar-refractivity contribution in [1.29, 1.82) is 0 Å². The fraction of sp³-hybridized carbons (Fsp3) is 0.467. The first-order valence-corrected chi connectivity index (χ1v) is 7.46. The SMILES string of the molecule is Cc1cccc2c1nc(CCCl)n2CCCCC(N)=O. The number of nitrogens with two attached hydrogens (primary N) is 1. The van der Waals surface area contributed by atoms with Crippen LogP contribution in [-0.4, -0.2) is 21.3 Å². The third-order valence-corrected chi connectivity index (χ3v) is 3.62. The summed E-state index contributed by atoms with van der Waals surface area (Å²) in [6, 6.07) is 6.20. The quantitative estimate of drug-likeness (QED) is 0.630. The van der Waals surface area contributed by atoms with E-state index in [0.29, 0.717) is 12.3 Å².